The van der Waals surface area contributed by atoms with Crippen LogP contribution in [0.1, 0.15) is 46.0 Å². The van der Waals surface area contributed by atoms with Crippen molar-refractivity contribution in [2.45, 2.75) is 58.2 Å². The minimum atomic E-state index is -4.00. The van der Waals surface area contributed by atoms with Gasteiger partial charge < -0.3 is 10.2 Å². The van der Waals surface area contributed by atoms with Crippen LogP contribution in [0, 0.1) is 5.92 Å². The van der Waals surface area contributed by atoms with Crippen molar-refractivity contribution in [1.29, 1.82) is 0 Å². The fraction of sp³-hybridized carbons (Fsp3) is 1.00. The Morgan fingerprint density at radius 3 is 2.63 bits per heavy atom. The van der Waals surface area contributed by atoms with Gasteiger partial charge in [-0.3, -0.25) is 0 Å². The summed E-state index contributed by atoms with van der Waals surface area (Å²) < 4.78 is 36.2. The highest BCUT2D eigenvalue weighted by molar-refractivity contribution is 4.75. The Kier molecular flexibility index (Phi) is 7.15. The van der Waals surface area contributed by atoms with Crippen LogP contribution < -0.4 is 5.32 Å². The Morgan fingerprint density at radius 1 is 1.26 bits per heavy atom. The number of alkyl halides is 3. The molecule has 2 atom stereocenters. The number of hydrogen-bond donors (Lipinski definition) is 1. The third-order valence-corrected chi connectivity index (χ3v) is 3.80. The van der Waals surface area contributed by atoms with E-state index in [1.807, 2.05) is 0 Å². The smallest absolute Gasteiger partial charge is 0.314 e. The highest BCUT2D eigenvalue weighted by atomic mass is 19.4. The van der Waals surface area contributed by atoms with E-state index in [4.69, 9.17) is 0 Å². The van der Waals surface area contributed by atoms with E-state index in [-0.39, 0.29) is 6.42 Å². The molecule has 1 saturated heterocycles. The molecule has 19 heavy (non-hydrogen) atoms. The van der Waals surface area contributed by atoms with Gasteiger partial charge in [0.15, 0.2) is 0 Å². The van der Waals surface area contributed by atoms with Crippen LogP contribution >= 0.6 is 0 Å². The van der Waals surface area contributed by atoms with Gasteiger partial charge in [0.1, 0.15) is 0 Å². The molecule has 0 amide bonds. The average Bonchev–Trinajstić information content (AvgIpc) is 2.30. The summed E-state index contributed by atoms with van der Waals surface area (Å²) in [5.41, 5.74) is 0. The van der Waals surface area contributed by atoms with Crippen molar-refractivity contribution in [2.24, 2.45) is 5.92 Å². The molecule has 1 N–H and O–H groups in total. The lowest BCUT2D eigenvalue weighted by molar-refractivity contribution is -0.135. The molecule has 0 aromatic heterocycles. The molecular weight excluding hydrogens is 253 g/mol. The standard InChI is InChI=1S/C14H27F3N2/c1-3-13-6-9-19(11-12(2)10-18-13)8-5-4-7-14(15,16)17/h12-13,18H,3-11H2,1-2H3. The van der Waals surface area contributed by atoms with Gasteiger partial charge in [0.2, 0.25) is 0 Å². The summed E-state index contributed by atoms with van der Waals surface area (Å²) in [6.07, 6.45) is -1.52. The van der Waals surface area contributed by atoms with Gasteiger partial charge in [-0.05, 0) is 51.2 Å². The first-order valence-electron chi connectivity index (χ1n) is 7.43. The first kappa shape index (κ1) is 16.8. The molecule has 2 nitrogen and oxygen atoms in total. The highest BCUT2D eigenvalue weighted by Crippen LogP contribution is 2.22. The van der Waals surface area contributed by atoms with Gasteiger partial charge in [0.25, 0.3) is 0 Å². The second-order valence-corrected chi connectivity index (χ2v) is 5.78. The van der Waals surface area contributed by atoms with E-state index in [2.05, 4.69) is 24.1 Å². The molecule has 0 aliphatic carbocycles. The highest BCUT2D eigenvalue weighted by Gasteiger charge is 2.26. The van der Waals surface area contributed by atoms with Crippen molar-refractivity contribution in [1.82, 2.24) is 10.2 Å². The molecule has 1 aliphatic rings. The van der Waals surface area contributed by atoms with Crippen LogP contribution in [-0.4, -0.2) is 43.3 Å². The maximum Gasteiger partial charge on any atom is 0.389 e. The summed E-state index contributed by atoms with van der Waals surface area (Å²) in [6, 6.07) is 0.556. The van der Waals surface area contributed by atoms with Crippen LogP contribution in [-0.2, 0) is 0 Å². The van der Waals surface area contributed by atoms with Gasteiger partial charge >= 0.3 is 6.18 Å². The van der Waals surface area contributed by atoms with Gasteiger partial charge in [-0.2, -0.15) is 13.2 Å². The Bertz CT molecular complexity index is 243. The zero-order chi connectivity index (χ0) is 14.3. The van der Waals surface area contributed by atoms with Gasteiger partial charge in [0, 0.05) is 19.0 Å². The lowest BCUT2D eigenvalue weighted by atomic mass is 10.0. The normalized spacial score (nSPS) is 27.0. The van der Waals surface area contributed by atoms with Gasteiger partial charge in [-0.15, -0.1) is 0 Å². The summed E-state index contributed by atoms with van der Waals surface area (Å²) in [5, 5.41) is 3.55. The molecule has 0 radical (unpaired) electrons. The molecule has 1 aliphatic heterocycles. The van der Waals surface area contributed by atoms with E-state index in [0.717, 1.165) is 39.0 Å². The van der Waals surface area contributed by atoms with Crippen LogP contribution in [0.15, 0.2) is 0 Å². The molecule has 0 aromatic carbocycles. The van der Waals surface area contributed by atoms with E-state index in [1.54, 1.807) is 0 Å². The third kappa shape index (κ3) is 7.78. The van der Waals surface area contributed by atoms with Crippen LogP contribution in [0.5, 0.6) is 0 Å². The molecule has 1 heterocycles. The average molecular weight is 280 g/mol. The minimum Gasteiger partial charge on any atom is -0.314 e. The topological polar surface area (TPSA) is 15.3 Å². The van der Waals surface area contributed by atoms with Crippen LogP contribution in [0.2, 0.25) is 0 Å². The monoisotopic (exact) mass is 280 g/mol. The fourth-order valence-electron chi connectivity index (χ4n) is 2.62. The number of hydrogen-bond acceptors (Lipinski definition) is 2. The molecule has 1 rings (SSSR count). The van der Waals surface area contributed by atoms with E-state index in [9.17, 15) is 13.2 Å². The summed E-state index contributed by atoms with van der Waals surface area (Å²) in [7, 11) is 0. The van der Waals surface area contributed by atoms with E-state index < -0.39 is 12.6 Å². The maximum absolute atomic E-state index is 12.1. The number of nitrogens with one attached hydrogen (secondary N) is 1. The van der Waals surface area contributed by atoms with Crippen molar-refractivity contribution in [3.05, 3.63) is 0 Å². The van der Waals surface area contributed by atoms with Crippen molar-refractivity contribution in [3.8, 4) is 0 Å². The van der Waals surface area contributed by atoms with Crippen molar-refractivity contribution in [3.63, 3.8) is 0 Å². The Hall–Kier alpha value is -0.290. The molecule has 0 spiro atoms. The molecule has 0 bridgehead atoms. The van der Waals surface area contributed by atoms with Crippen LogP contribution in [0.25, 0.3) is 0 Å². The molecule has 0 saturated carbocycles. The summed E-state index contributed by atoms with van der Waals surface area (Å²) in [5.74, 6) is 0.567. The second-order valence-electron chi connectivity index (χ2n) is 5.78. The van der Waals surface area contributed by atoms with Crippen LogP contribution in [0.4, 0.5) is 13.2 Å². The van der Waals surface area contributed by atoms with Crippen LogP contribution in [0.3, 0.4) is 0 Å². The zero-order valence-electron chi connectivity index (χ0n) is 12.1. The van der Waals surface area contributed by atoms with E-state index in [0.29, 0.717) is 18.4 Å². The molecule has 2 unspecified atom stereocenters. The molecule has 114 valence electrons. The SMILES string of the molecule is CCC1CCN(CCCCC(F)(F)F)CC(C)CN1. The molecule has 5 heteroatoms. The first-order valence-corrected chi connectivity index (χ1v) is 7.43. The number of rotatable bonds is 5. The van der Waals surface area contributed by atoms with E-state index in [1.165, 1.54) is 0 Å². The Morgan fingerprint density at radius 2 is 2.00 bits per heavy atom. The van der Waals surface area contributed by atoms with Gasteiger partial charge in [0.05, 0.1) is 0 Å². The third-order valence-electron chi connectivity index (χ3n) is 3.80. The van der Waals surface area contributed by atoms with Gasteiger partial charge in [-0.25, -0.2) is 0 Å². The number of halogens is 3. The largest absolute Gasteiger partial charge is 0.389 e. The number of nitrogens with zero attached hydrogens (tertiary/aromatic N) is 1. The fourth-order valence-corrected chi connectivity index (χ4v) is 2.62. The van der Waals surface area contributed by atoms with E-state index >= 15 is 0 Å². The first-order chi connectivity index (χ1) is 8.90. The minimum absolute atomic E-state index is 0.254. The molecular formula is C14H27F3N2. The van der Waals surface area contributed by atoms with Crippen molar-refractivity contribution >= 4 is 0 Å². The zero-order valence-corrected chi connectivity index (χ0v) is 12.1. The lowest BCUT2D eigenvalue weighted by Crippen LogP contribution is -2.43. The molecule has 1 fully saturated rings. The Balaban J connectivity index is 2.26. The Labute approximate surface area is 114 Å². The maximum atomic E-state index is 12.1. The predicted molar refractivity (Wildman–Crippen MR) is 72.2 cm³/mol. The van der Waals surface area contributed by atoms with Crippen molar-refractivity contribution in [2.75, 3.05) is 26.2 Å². The number of unbranched alkanes of at least 4 members (excludes halogenated alkanes) is 1. The lowest BCUT2D eigenvalue weighted by Gasteiger charge is -2.32. The quantitative estimate of drug-likeness (QED) is 0.776. The molecule has 0 aromatic rings. The predicted octanol–water partition coefficient (Wildman–Crippen LogP) is 3.43. The summed E-state index contributed by atoms with van der Waals surface area (Å²) in [4.78, 5) is 2.34. The summed E-state index contributed by atoms with van der Waals surface area (Å²) in [6.45, 7) is 8.19. The van der Waals surface area contributed by atoms with Gasteiger partial charge in [-0.1, -0.05) is 13.8 Å². The summed E-state index contributed by atoms with van der Waals surface area (Å²) >= 11 is 0. The van der Waals surface area contributed by atoms with Crippen molar-refractivity contribution < 1.29 is 13.2 Å². The second kappa shape index (κ2) is 8.10.